The zero-order valence-electron chi connectivity index (χ0n) is 11.3. The lowest BCUT2D eigenvalue weighted by atomic mass is 10.1. The van der Waals surface area contributed by atoms with Crippen molar-refractivity contribution in [3.8, 4) is 0 Å². The van der Waals surface area contributed by atoms with Crippen molar-refractivity contribution in [3.63, 3.8) is 0 Å². The van der Waals surface area contributed by atoms with Crippen LogP contribution >= 0.6 is 11.8 Å². The normalized spacial score (nSPS) is 14.5. The first-order valence-corrected chi connectivity index (χ1v) is 7.94. The summed E-state index contributed by atoms with van der Waals surface area (Å²) in [4.78, 5) is 0. The van der Waals surface area contributed by atoms with Crippen LogP contribution in [-0.2, 0) is 6.42 Å². The van der Waals surface area contributed by atoms with Gasteiger partial charge in [0.25, 0.3) is 0 Å². The van der Waals surface area contributed by atoms with Gasteiger partial charge in [0.15, 0.2) is 0 Å². The lowest BCUT2D eigenvalue weighted by Gasteiger charge is -2.21. The van der Waals surface area contributed by atoms with E-state index < -0.39 is 0 Å². The number of hydrogen-bond donors (Lipinski definition) is 1. The molecule has 0 aliphatic carbocycles. The first kappa shape index (κ1) is 14.6. The highest BCUT2D eigenvalue weighted by atomic mass is 32.2. The summed E-state index contributed by atoms with van der Waals surface area (Å²) in [6, 6.07) is 12.0. The van der Waals surface area contributed by atoms with Gasteiger partial charge in [-0.2, -0.15) is 11.8 Å². The quantitative estimate of drug-likeness (QED) is 0.755. The minimum Gasteiger partial charge on any atom is -0.311 e. The summed E-state index contributed by atoms with van der Waals surface area (Å²) in [5.41, 5.74) is 1.44. The van der Waals surface area contributed by atoms with E-state index >= 15 is 0 Å². The maximum absolute atomic E-state index is 3.72. The van der Waals surface area contributed by atoms with Crippen molar-refractivity contribution in [1.29, 1.82) is 0 Å². The molecule has 0 heterocycles. The van der Waals surface area contributed by atoms with Gasteiger partial charge < -0.3 is 5.32 Å². The molecule has 2 unspecified atom stereocenters. The third-order valence-electron chi connectivity index (χ3n) is 3.09. The maximum atomic E-state index is 3.72. The third-order valence-corrected chi connectivity index (χ3v) is 3.83. The lowest BCUT2D eigenvalue weighted by Crippen LogP contribution is -2.38. The summed E-state index contributed by atoms with van der Waals surface area (Å²) in [5, 5.41) is 3.72. The van der Waals surface area contributed by atoms with Gasteiger partial charge in [-0.15, -0.1) is 0 Å². The molecule has 2 atom stereocenters. The van der Waals surface area contributed by atoms with Crippen molar-refractivity contribution in [2.45, 2.75) is 45.2 Å². The zero-order valence-corrected chi connectivity index (χ0v) is 12.1. The Morgan fingerprint density at radius 2 is 1.94 bits per heavy atom. The average Bonchev–Trinajstić information content (AvgIpc) is 2.37. The summed E-state index contributed by atoms with van der Waals surface area (Å²) < 4.78 is 0. The molecule has 17 heavy (non-hydrogen) atoms. The van der Waals surface area contributed by atoms with Gasteiger partial charge in [0.2, 0.25) is 0 Å². The Hall–Kier alpha value is -0.470. The van der Waals surface area contributed by atoms with E-state index in [1.54, 1.807) is 0 Å². The van der Waals surface area contributed by atoms with Crippen LogP contribution in [0.3, 0.4) is 0 Å². The zero-order chi connectivity index (χ0) is 12.5. The van der Waals surface area contributed by atoms with Crippen LogP contribution in [0.2, 0.25) is 0 Å². The first-order valence-electron chi connectivity index (χ1n) is 6.55. The van der Waals surface area contributed by atoms with Crippen LogP contribution in [0.4, 0.5) is 0 Å². The number of thioether (sulfide) groups is 1. The van der Waals surface area contributed by atoms with E-state index in [4.69, 9.17) is 0 Å². The van der Waals surface area contributed by atoms with Gasteiger partial charge in [0.05, 0.1) is 0 Å². The van der Waals surface area contributed by atoms with Gasteiger partial charge in [-0.3, -0.25) is 0 Å². The van der Waals surface area contributed by atoms with Crippen LogP contribution in [0.5, 0.6) is 0 Å². The second-order valence-corrected chi connectivity index (χ2v) is 5.56. The van der Waals surface area contributed by atoms with E-state index in [-0.39, 0.29) is 0 Å². The molecular formula is C15H25NS. The monoisotopic (exact) mass is 251 g/mol. The fourth-order valence-electron chi connectivity index (χ4n) is 2.00. The molecule has 1 nitrogen and oxygen atoms in total. The summed E-state index contributed by atoms with van der Waals surface area (Å²) >= 11 is 1.93. The van der Waals surface area contributed by atoms with Gasteiger partial charge in [0.1, 0.15) is 0 Å². The topological polar surface area (TPSA) is 12.0 Å². The molecular weight excluding hydrogens is 226 g/mol. The predicted octanol–water partition coefficient (Wildman–Crippen LogP) is 3.74. The predicted molar refractivity (Wildman–Crippen MR) is 79.8 cm³/mol. The van der Waals surface area contributed by atoms with Crippen molar-refractivity contribution < 1.29 is 0 Å². The molecule has 0 saturated carbocycles. The van der Waals surface area contributed by atoms with Gasteiger partial charge in [0, 0.05) is 17.8 Å². The number of nitrogens with one attached hydrogen (secondary N) is 1. The Morgan fingerprint density at radius 1 is 1.24 bits per heavy atom. The molecule has 1 N–H and O–H groups in total. The smallest absolute Gasteiger partial charge is 0.0157 e. The fraction of sp³-hybridized carbons (Fsp3) is 0.600. The van der Waals surface area contributed by atoms with Crippen molar-refractivity contribution >= 4 is 11.8 Å². The van der Waals surface area contributed by atoms with Gasteiger partial charge in [-0.05, 0) is 38.0 Å². The van der Waals surface area contributed by atoms with E-state index in [0.29, 0.717) is 12.1 Å². The molecule has 0 radical (unpaired) electrons. The Kier molecular flexibility index (Phi) is 7.38. The third kappa shape index (κ3) is 6.13. The van der Waals surface area contributed by atoms with Crippen LogP contribution in [0.1, 0.15) is 32.3 Å². The number of benzene rings is 1. The van der Waals surface area contributed by atoms with Crippen LogP contribution in [0, 0.1) is 0 Å². The summed E-state index contributed by atoms with van der Waals surface area (Å²) in [6.45, 7) is 4.56. The van der Waals surface area contributed by atoms with Crippen molar-refractivity contribution in [1.82, 2.24) is 5.32 Å². The molecule has 0 amide bonds. The minimum absolute atomic E-state index is 0.604. The molecule has 0 aliphatic heterocycles. The summed E-state index contributed by atoms with van der Waals surface area (Å²) in [5.74, 6) is 1.21. The molecule has 1 aromatic rings. The average molecular weight is 251 g/mol. The summed E-state index contributed by atoms with van der Waals surface area (Å²) in [6.07, 6.45) is 5.79. The second-order valence-electron chi connectivity index (χ2n) is 4.65. The largest absolute Gasteiger partial charge is 0.311 e. The van der Waals surface area contributed by atoms with E-state index in [1.165, 1.54) is 30.6 Å². The van der Waals surface area contributed by atoms with Gasteiger partial charge >= 0.3 is 0 Å². The van der Waals surface area contributed by atoms with Crippen molar-refractivity contribution in [3.05, 3.63) is 35.9 Å². The molecule has 2 heteroatoms. The minimum atomic E-state index is 0.604. The van der Waals surface area contributed by atoms with E-state index in [9.17, 15) is 0 Å². The standard InChI is InChI=1S/C15H25NS/c1-4-15(12-17-3)16-13(2)10-11-14-8-6-5-7-9-14/h5-9,13,15-16H,4,10-12H2,1-3H3. The Morgan fingerprint density at radius 3 is 2.53 bits per heavy atom. The highest BCUT2D eigenvalue weighted by Crippen LogP contribution is 2.07. The number of aryl methyl sites for hydroxylation is 1. The molecule has 96 valence electrons. The summed E-state index contributed by atoms with van der Waals surface area (Å²) in [7, 11) is 0. The number of hydrogen-bond acceptors (Lipinski definition) is 2. The maximum Gasteiger partial charge on any atom is 0.0157 e. The SMILES string of the molecule is CCC(CSC)NC(C)CCc1ccccc1. The Bertz CT molecular complexity index is 286. The number of rotatable bonds is 8. The Balaban J connectivity index is 2.27. The molecule has 0 spiro atoms. The second kappa shape index (κ2) is 8.60. The molecule has 0 saturated heterocycles. The highest BCUT2D eigenvalue weighted by molar-refractivity contribution is 7.98. The molecule has 0 aliphatic rings. The fourth-order valence-corrected chi connectivity index (χ4v) is 2.73. The van der Waals surface area contributed by atoms with Crippen molar-refractivity contribution in [2.24, 2.45) is 0 Å². The van der Waals surface area contributed by atoms with E-state index in [2.05, 4.69) is 55.8 Å². The first-order chi connectivity index (χ1) is 8.26. The van der Waals surface area contributed by atoms with Crippen LogP contribution in [0.25, 0.3) is 0 Å². The van der Waals surface area contributed by atoms with Crippen LogP contribution < -0.4 is 5.32 Å². The van der Waals surface area contributed by atoms with E-state index in [0.717, 1.165) is 0 Å². The van der Waals surface area contributed by atoms with Crippen LogP contribution in [-0.4, -0.2) is 24.1 Å². The lowest BCUT2D eigenvalue weighted by molar-refractivity contribution is 0.442. The highest BCUT2D eigenvalue weighted by Gasteiger charge is 2.09. The molecule has 1 aromatic carbocycles. The molecule has 0 aromatic heterocycles. The molecule has 0 bridgehead atoms. The van der Waals surface area contributed by atoms with E-state index in [1.807, 2.05) is 11.8 Å². The molecule has 0 fully saturated rings. The van der Waals surface area contributed by atoms with Gasteiger partial charge in [-0.1, -0.05) is 37.3 Å². The Labute approximate surface area is 110 Å². The van der Waals surface area contributed by atoms with Crippen molar-refractivity contribution in [2.75, 3.05) is 12.0 Å². The molecule has 1 rings (SSSR count). The van der Waals surface area contributed by atoms with Gasteiger partial charge in [-0.25, -0.2) is 0 Å². The van der Waals surface area contributed by atoms with Crippen LogP contribution in [0.15, 0.2) is 30.3 Å².